The number of nitriles is 1. The van der Waals surface area contributed by atoms with Gasteiger partial charge in [-0.25, -0.2) is 4.39 Å². The molecule has 0 unspecified atom stereocenters. The van der Waals surface area contributed by atoms with E-state index in [9.17, 15) is 15.2 Å². The van der Waals surface area contributed by atoms with Gasteiger partial charge in [-0.2, -0.15) is 5.26 Å². The summed E-state index contributed by atoms with van der Waals surface area (Å²) in [6.45, 7) is 5.78. The van der Waals surface area contributed by atoms with E-state index in [0.29, 0.717) is 12.1 Å². The quantitative estimate of drug-likeness (QED) is 0.377. The van der Waals surface area contributed by atoms with Crippen molar-refractivity contribution in [3.8, 4) is 6.07 Å². The molecule has 4 N–H and O–H groups in total. The Hall–Kier alpha value is -2.09. The lowest BCUT2D eigenvalue weighted by Crippen LogP contribution is -2.46. The van der Waals surface area contributed by atoms with Gasteiger partial charge in [-0.1, -0.05) is 44.5 Å². The van der Waals surface area contributed by atoms with Crippen molar-refractivity contribution in [1.82, 2.24) is 15.6 Å². The van der Waals surface area contributed by atoms with Gasteiger partial charge in [-0.05, 0) is 57.9 Å². The largest absolute Gasteiger partial charge is 0.394 e. The number of rotatable bonds is 8. The molecular formula is C26H31BrClFN4O3. The topological polar surface area (TPSA) is 118 Å². The first-order valence-corrected chi connectivity index (χ1v) is 12.9. The van der Waals surface area contributed by atoms with E-state index in [4.69, 9.17) is 16.7 Å². The molecule has 1 aliphatic heterocycles. The van der Waals surface area contributed by atoms with Gasteiger partial charge in [-0.3, -0.25) is 9.78 Å². The van der Waals surface area contributed by atoms with Crippen molar-refractivity contribution >= 4 is 33.4 Å². The Morgan fingerprint density at radius 3 is 2.69 bits per heavy atom. The Balaban J connectivity index is 2.19. The fourth-order valence-electron chi connectivity index (χ4n) is 4.90. The number of aliphatic hydroxyl groups excluding tert-OH is 2. The molecule has 10 heteroatoms. The number of carbonyl (C=O) groups is 1. The van der Waals surface area contributed by atoms with Crippen molar-refractivity contribution in [2.75, 3.05) is 13.2 Å². The maximum Gasteiger partial charge on any atom is 0.237 e. The molecule has 1 aromatic heterocycles. The van der Waals surface area contributed by atoms with Gasteiger partial charge in [0.1, 0.15) is 11.2 Å². The Morgan fingerprint density at radius 1 is 1.39 bits per heavy atom. The number of halogens is 3. The van der Waals surface area contributed by atoms with Crippen LogP contribution in [-0.2, 0) is 10.2 Å². The number of hydrogen-bond acceptors (Lipinski definition) is 6. The van der Waals surface area contributed by atoms with Crippen molar-refractivity contribution in [1.29, 1.82) is 5.26 Å². The van der Waals surface area contributed by atoms with Crippen LogP contribution in [0.15, 0.2) is 41.0 Å². The van der Waals surface area contributed by atoms with Crippen LogP contribution in [0, 0.1) is 22.6 Å². The molecule has 7 nitrogen and oxygen atoms in total. The number of nitrogens with one attached hydrogen (secondary N) is 2. The molecule has 0 bridgehead atoms. The third-order valence-electron chi connectivity index (χ3n) is 6.49. The Morgan fingerprint density at radius 2 is 2.11 bits per heavy atom. The van der Waals surface area contributed by atoms with Crippen LogP contribution in [0.4, 0.5) is 4.39 Å². The summed E-state index contributed by atoms with van der Waals surface area (Å²) < 4.78 is 16.3. The van der Waals surface area contributed by atoms with Gasteiger partial charge >= 0.3 is 0 Å². The number of hydrogen-bond donors (Lipinski definition) is 4. The lowest BCUT2D eigenvalue weighted by molar-refractivity contribution is -0.123. The van der Waals surface area contributed by atoms with Gasteiger partial charge in [0, 0.05) is 29.2 Å². The molecule has 2 aromatic rings. The fourth-order valence-corrected chi connectivity index (χ4v) is 5.31. The van der Waals surface area contributed by atoms with Gasteiger partial charge < -0.3 is 20.8 Å². The van der Waals surface area contributed by atoms with Crippen molar-refractivity contribution in [2.45, 2.75) is 63.1 Å². The van der Waals surface area contributed by atoms with Crippen LogP contribution >= 0.6 is 27.5 Å². The first-order chi connectivity index (χ1) is 16.9. The number of amides is 1. The predicted octanol–water partition coefficient (Wildman–Crippen LogP) is 3.82. The maximum absolute atomic E-state index is 15.5. The molecule has 1 aromatic carbocycles. The smallest absolute Gasteiger partial charge is 0.237 e. The molecule has 5 atom stereocenters. The van der Waals surface area contributed by atoms with Crippen molar-refractivity contribution in [3.05, 3.63) is 63.1 Å². The lowest BCUT2D eigenvalue weighted by Gasteiger charge is -2.36. The van der Waals surface area contributed by atoms with E-state index in [2.05, 4.69) is 37.6 Å². The fraction of sp³-hybridized carbons (Fsp3) is 0.500. The zero-order valence-corrected chi connectivity index (χ0v) is 22.8. The van der Waals surface area contributed by atoms with Crippen molar-refractivity contribution in [3.63, 3.8) is 0 Å². The minimum atomic E-state index is -1.40. The van der Waals surface area contributed by atoms with E-state index < -0.39 is 47.9 Å². The highest BCUT2D eigenvalue weighted by Crippen LogP contribution is 2.51. The van der Waals surface area contributed by atoms with E-state index in [-0.39, 0.29) is 29.0 Å². The number of aromatic nitrogens is 1. The summed E-state index contributed by atoms with van der Waals surface area (Å²) in [4.78, 5) is 18.0. The Bertz CT molecular complexity index is 1120. The number of nitrogens with zero attached hydrogens (tertiary/aromatic N) is 2. The normalized spacial score (nSPS) is 24.8. The van der Waals surface area contributed by atoms with E-state index in [1.807, 2.05) is 20.8 Å². The maximum atomic E-state index is 15.5. The van der Waals surface area contributed by atoms with E-state index >= 15 is 4.39 Å². The van der Waals surface area contributed by atoms with Gasteiger partial charge in [0.25, 0.3) is 0 Å². The molecule has 1 saturated heterocycles. The highest BCUT2D eigenvalue weighted by atomic mass is 79.9. The van der Waals surface area contributed by atoms with Gasteiger partial charge in [0.2, 0.25) is 5.91 Å². The van der Waals surface area contributed by atoms with Crippen LogP contribution in [0.3, 0.4) is 0 Å². The minimum Gasteiger partial charge on any atom is -0.394 e. The summed E-state index contributed by atoms with van der Waals surface area (Å²) in [5.41, 5.74) is -1.06. The second-order valence-electron chi connectivity index (χ2n) is 10.3. The lowest BCUT2D eigenvalue weighted by atomic mass is 9.64. The van der Waals surface area contributed by atoms with Crippen molar-refractivity contribution in [2.24, 2.45) is 5.41 Å². The molecule has 0 aliphatic carbocycles. The highest BCUT2D eigenvalue weighted by Gasteiger charge is 2.61. The molecule has 2 heterocycles. The van der Waals surface area contributed by atoms with E-state index in [1.54, 1.807) is 30.5 Å². The second kappa shape index (κ2) is 11.5. The zero-order chi connectivity index (χ0) is 26.7. The number of carbonyl (C=O) groups excluding carboxylic acids is 1. The molecule has 3 rings (SSSR count). The predicted molar refractivity (Wildman–Crippen MR) is 139 cm³/mol. The number of benzene rings is 1. The summed E-state index contributed by atoms with van der Waals surface area (Å²) in [5, 5.41) is 35.5. The van der Waals surface area contributed by atoms with Crippen LogP contribution < -0.4 is 10.6 Å². The molecule has 36 heavy (non-hydrogen) atoms. The summed E-state index contributed by atoms with van der Waals surface area (Å²) in [5.74, 6) is -2.09. The van der Waals surface area contributed by atoms with Gasteiger partial charge in [0.15, 0.2) is 0 Å². The Labute approximate surface area is 224 Å². The van der Waals surface area contributed by atoms with Crippen LogP contribution in [0.1, 0.15) is 50.8 Å². The molecule has 1 aliphatic rings. The van der Waals surface area contributed by atoms with Crippen LogP contribution in [-0.4, -0.2) is 52.4 Å². The van der Waals surface area contributed by atoms with Crippen LogP contribution in [0.5, 0.6) is 0 Å². The summed E-state index contributed by atoms with van der Waals surface area (Å²) >= 11 is 9.53. The van der Waals surface area contributed by atoms with Gasteiger partial charge in [-0.15, -0.1) is 0 Å². The standard InChI is InChI=1S/C26H31BrClFN4O3/c1-25(2,3)11-20-26(14-30,19-8-7-15(27)12-32-19)21(17-5-4-6-18(28)22(17)29)23(33-20)24(36)31-10-9-16(35)13-34/h4-8,12,16,20-21,23,33-35H,9-11,13H2,1-3H3,(H,31,36)/t16-,20-,21-,23+,26-/m0/s1. The molecular weight excluding hydrogens is 551 g/mol. The Kier molecular flexibility index (Phi) is 9.12. The second-order valence-corrected chi connectivity index (χ2v) is 11.7. The number of pyridine rings is 1. The van der Waals surface area contributed by atoms with Crippen LogP contribution in [0.2, 0.25) is 5.02 Å². The zero-order valence-electron chi connectivity index (χ0n) is 20.4. The first-order valence-electron chi connectivity index (χ1n) is 11.7. The number of aliphatic hydroxyl groups is 2. The molecule has 1 amide bonds. The summed E-state index contributed by atoms with van der Waals surface area (Å²) in [6, 6.07) is 8.98. The third kappa shape index (κ3) is 5.90. The molecule has 0 radical (unpaired) electrons. The third-order valence-corrected chi connectivity index (χ3v) is 7.25. The van der Waals surface area contributed by atoms with Crippen LogP contribution in [0.25, 0.3) is 0 Å². The monoisotopic (exact) mass is 580 g/mol. The average molecular weight is 582 g/mol. The summed E-state index contributed by atoms with van der Waals surface area (Å²) in [6.07, 6.45) is 1.26. The van der Waals surface area contributed by atoms with Gasteiger partial charge in [0.05, 0.1) is 35.5 Å². The highest BCUT2D eigenvalue weighted by molar-refractivity contribution is 9.10. The molecule has 1 fully saturated rings. The molecule has 194 valence electrons. The average Bonchev–Trinajstić information content (AvgIpc) is 3.14. The minimum absolute atomic E-state index is 0.101. The van der Waals surface area contributed by atoms with E-state index in [1.165, 1.54) is 6.07 Å². The SMILES string of the molecule is CC(C)(C)C[C@@H]1N[C@@H](C(=O)NCC[C@H](O)CO)[C@H](c2cccc(Cl)c2F)[C@@]1(C#N)c1ccc(Br)cn1. The molecule has 0 spiro atoms. The van der Waals surface area contributed by atoms with Crippen molar-refractivity contribution < 1.29 is 19.4 Å². The molecule has 0 saturated carbocycles. The van der Waals surface area contributed by atoms with E-state index in [0.717, 1.165) is 4.47 Å². The first kappa shape index (κ1) is 28.5. The summed E-state index contributed by atoms with van der Waals surface area (Å²) in [7, 11) is 0.